The first-order valence-corrected chi connectivity index (χ1v) is 5.72. The van der Waals surface area contributed by atoms with Gasteiger partial charge >= 0.3 is 0 Å². The van der Waals surface area contributed by atoms with Gasteiger partial charge in [-0.3, -0.25) is 4.98 Å². The maximum Gasteiger partial charge on any atom is 0.146 e. The largest absolute Gasteiger partial charge is 0.497 e. The van der Waals surface area contributed by atoms with E-state index in [0.29, 0.717) is 11.6 Å². The van der Waals surface area contributed by atoms with Crippen LogP contribution in [0.25, 0.3) is 0 Å². The fourth-order valence-electron chi connectivity index (χ4n) is 1.63. The summed E-state index contributed by atoms with van der Waals surface area (Å²) in [4.78, 5) is 8.08. The summed E-state index contributed by atoms with van der Waals surface area (Å²) in [5.74, 6) is 1.98. The molecule has 0 aliphatic heterocycles. The fraction of sp³-hybridized carbons (Fsp3) is 0.231. The summed E-state index contributed by atoms with van der Waals surface area (Å²) < 4.78 is 5.18. The topological polar surface area (TPSA) is 73.1 Å². The molecule has 2 rings (SSSR count). The molecule has 1 aromatic heterocycles. The molecule has 0 unspecified atom stereocenters. The second-order valence-electron chi connectivity index (χ2n) is 3.86. The van der Waals surface area contributed by atoms with Gasteiger partial charge < -0.3 is 15.8 Å². The van der Waals surface area contributed by atoms with E-state index >= 15 is 0 Å². The van der Waals surface area contributed by atoms with E-state index in [4.69, 9.17) is 10.5 Å². The van der Waals surface area contributed by atoms with Crippen molar-refractivity contribution in [3.63, 3.8) is 0 Å². The Labute approximate surface area is 106 Å². The molecule has 0 aliphatic rings. The van der Waals surface area contributed by atoms with Gasteiger partial charge in [0.25, 0.3) is 0 Å². The van der Waals surface area contributed by atoms with Crippen molar-refractivity contribution in [2.24, 2.45) is 0 Å². The van der Waals surface area contributed by atoms with Crippen LogP contribution < -0.4 is 15.8 Å². The van der Waals surface area contributed by atoms with Crippen molar-refractivity contribution in [3.8, 4) is 5.75 Å². The van der Waals surface area contributed by atoms with E-state index in [9.17, 15) is 0 Å². The Morgan fingerprint density at radius 3 is 3.00 bits per heavy atom. The molecule has 0 saturated carbocycles. The zero-order chi connectivity index (χ0) is 12.8. The molecule has 1 aromatic carbocycles. The number of hydrogen-bond donors (Lipinski definition) is 2. The molecule has 0 amide bonds. The van der Waals surface area contributed by atoms with Gasteiger partial charge in [0, 0.05) is 6.54 Å². The highest BCUT2D eigenvalue weighted by atomic mass is 16.5. The van der Waals surface area contributed by atoms with Crippen LogP contribution in [0.3, 0.4) is 0 Å². The van der Waals surface area contributed by atoms with Gasteiger partial charge in [0.2, 0.25) is 0 Å². The third kappa shape index (κ3) is 3.35. The second-order valence-corrected chi connectivity index (χ2v) is 3.86. The van der Waals surface area contributed by atoms with Crippen molar-refractivity contribution in [1.82, 2.24) is 9.97 Å². The Morgan fingerprint density at radius 2 is 2.22 bits per heavy atom. The number of nitrogen functional groups attached to an aromatic ring is 1. The number of ether oxygens (including phenoxy) is 1. The molecule has 3 N–H and O–H groups in total. The number of nitrogens with two attached hydrogens (primary N) is 1. The molecule has 0 fully saturated rings. The molecule has 0 atom stereocenters. The molecule has 0 saturated heterocycles. The van der Waals surface area contributed by atoms with Crippen molar-refractivity contribution in [3.05, 3.63) is 42.2 Å². The van der Waals surface area contributed by atoms with Crippen LogP contribution in [0, 0.1) is 0 Å². The van der Waals surface area contributed by atoms with Crippen LogP contribution in [-0.4, -0.2) is 23.6 Å². The summed E-state index contributed by atoms with van der Waals surface area (Å²) in [6.07, 6.45) is 4.06. The van der Waals surface area contributed by atoms with Gasteiger partial charge in [-0.1, -0.05) is 12.1 Å². The number of rotatable bonds is 5. The maximum absolute atomic E-state index is 5.55. The lowest BCUT2D eigenvalue weighted by Gasteiger charge is -2.07. The Hall–Kier alpha value is -2.30. The Kier molecular flexibility index (Phi) is 3.96. The standard InChI is InChI=1S/C13H16N4O/c1-18-11-4-2-3-10(7-11)5-6-16-13-9-15-8-12(14)17-13/h2-4,7-9H,5-6H2,1H3,(H3,14,16,17). The number of aromatic nitrogens is 2. The van der Waals surface area contributed by atoms with Crippen LogP contribution in [0.5, 0.6) is 5.75 Å². The van der Waals surface area contributed by atoms with E-state index in [-0.39, 0.29) is 0 Å². The van der Waals surface area contributed by atoms with Gasteiger partial charge in [0.1, 0.15) is 17.4 Å². The summed E-state index contributed by atoms with van der Waals surface area (Å²) in [7, 11) is 1.67. The highest BCUT2D eigenvalue weighted by Gasteiger charge is 1.98. The first-order valence-electron chi connectivity index (χ1n) is 5.72. The average molecular weight is 244 g/mol. The summed E-state index contributed by atoms with van der Waals surface area (Å²) in [6, 6.07) is 8.00. The van der Waals surface area contributed by atoms with Gasteiger partial charge in [-0.2, -0.15) is 0 Å². The van der Waals surface area contributed by atoms with Crippen LogP contribution in [0.15, 0.2) is 36.7 Å². The normalized spacial score (nSPS) is 10.1. The van der Waals surface area contributed by atoms with E-state index in [1.54, 1.807) is 13.3 Å². The molecule has 18 heavy (non-hydrogen) atoms. The predicted octanol–water partition coefficient (Wildman–Crippen LogP) is 1.72. The van der Waals surface area contributed by atoms with Gasteiger partial charge in [0.15, 0.2) is 0 Å². The quantitative estimate of drug-likeness (QED) is 0.837. The lowest BCUT2D eigenvalue weighted by molar-refractivity contribution is 0.414. The fourth-order valence-corrected chi connectivity index (χ4v) is 1.63. The number of hydrogen-bond acceptors (Lipinski definition) is 5. The van der Waals surface area contributed by atoms with Crippen molar-refractivity contribution < 1.29 is 4.74 Å². The van der Waals surface area contributed by atoms with E-state index in [2.05, 4.69) is 21.4 Å². The summed E-state index contributed by atoms with van der Waals surface area (Å²) in [6.45, 7) is 0.769. The lowest BCUT2D eigenvalue weighted by atomic mass is 10.1. The van der Waals surface area contributed by atoms with Crippen molar-refractivity contribution in [2.45, 2.75) is 6.42 Å². The molecule has 0 spiro atoms. The van der Waals surface area contributed by atoms with Crippen molar-refractivity contribution in [2.75, 3.05) is 24.7 Å². The molecular formula is C13H16N4O. The molecule has 94 valence electrons. The molecular weight excluding hydrogens is 228 g/mol. The molecule has 5 heteroatoms. The second kappa shape index (κ2) is 5.86. The lowest BCUT2D eigenvalue weighted by Crippen LogP contribution is -2.07. The van der Waals surface area contributed by atoms with Crippen LogP contribution >= 0.6 is 0 Å². The third-order valence-corrected chi connectivity index (χ3v) is 2.51. The van der Waals surface area contributed by atoms with Gasteiger partial charge in [-0.15, -0.1) is 0 Å². The van der Waals surface area contributed by atoms with Crippen LogP contribution in [0.2, 0.25) is 0 Å². The molecule has 0 bridgehead atoms. The average Bonchev–Trinajstić information content (AvgIpc) is 2.39. The van der Waals surface area contributed by atoms with Crippen LogP contribution in [0.4, 0.5) is 11.6 Å². The van der Waals surface area contributed by atoms with E-state index < -0.39 is 0 Å². The smallest absolute Gasteiger partial charge is 0.146 e. The molecule has 0 aliphatic carbocycles. The van der Waals surface area contributed by atoms with E-state index in [0.717, 1.165) is 18.7 Å². The Morgan fingerprint density at radius 1 is 1.33 bits per heavy atom. The molecule has 0 radical (unpaired) electrons. The van der Waals surface area contributed by atoms with Gasteiger partial charge in [-0.25, -0.2) is 4.98 Å². The minimum Gasteiger partial charge on any atom is -0.497 e. The van der Waals surface area contributed by atoms with Crippen molar-refractivity contribution >= 4 is 11.6 Å². The highest BCUT2D eigenvalue weighted by Crippen LogP contribution is 2.13. The number of nitrogens with one attached hydrogen (secondary N) is 1. The van der Waals surface area contributed by atoms with E-state index in [1.807, 2.05) is 18.2 Å². The minimum absolute atomic E-state index is 0.418. The van der Waals surface area contributed by atoms with Crippen LogP contribution in [-0.2, 0) is 6.42 Å². The first-order chi connectivity index (χ1) is 8.78. The first kappa shape index (κ1) is 12.2. The predicted molar refractivity (Wildman–Crippen MR) is 71.6 cm³/mol. The SMILES string of the molecule is COc1cccc(CCNc2cncc(N)n2)c1. The number of nitrogens with zero attached hydrogens (tertiary/aromatic N) is 2. The number of anilines is 2. The maximum atomic E-state index is 5.55. The minimum atomic E-state index is 0.418. The molecule has 5 nitrogen and oxygen atoms in total. The highest BCUT2D eigenvalue weighted by molar-refractivity contribution is 5.38. The third-order valence-electron chi connectivity index (χ3n) is 2.51. The number of methoxy groups -OCH3 is 1. The van der Waals surface area contributed by atoms with E-state index in [1.165, 1.54) is 11.8 Å². The Balaban J connectivity index is 1.88. The zero-order valence-electron chi connectivity index (χ0n) is 10.3. The number of benzene rings is 1. The zero-order valence-corrected chi connectivity index (χ0v) is 10.3. The monoisotopic (exact) mass is 244 g/mol. The van der Waals surface area contributed by atoms with Crippen molar-refractivity contribution in [1.29, 1.82) is 0 Å². The van der Waals surface area contributed by atoms with Crippen LogP contribution in [0.1, 0.15) is 5.56 Å². The summed E-state index contributed by atoms with van der Waals surface area (Å²) >= 11 is 0. The molecule has 2 aromatic rings. The molecule has 1 heterocycles. The summed E-state index contributed by atoms with van der Waals surface area (Å²) in [5.41, 5.74) is 6.76. The Bertz CT molecular complexity index is 516. The van der Waals surface area contributed by atoms with Gasteiger partial charge in [0.05, 0.1) is 19.5 Å². The summed E-state index contributed by atoms with van der Waals surface area (Å²) in [5, 5.41) is 3.18. The van der Waals surface area contributed by atoms with Gasteiger partial charge in [-0.05, 0) is 24.1 Å².